The topological polar surface area (TPSA) is 127 Å². The zero-order valence-corrected chi connectivity index (χ0v) is 38.9. The molecule has 0 spiro atoms. The van der Waals surface area contributed by atoms with E-state index in [0.29, 0.717) is 22.6 Å². The summed E-state index contributed by atoms with van der Waals surface area (Å²) < 4.78 is 21.8. The van der Waals surface area contributed by atoms with Crippen LogP contribution in [0.2, 0.25) is 0 Å². The fourth-order valence-corrected chi connectivity index (χ4v) is 8.84. The number of fused-ring (bicyclic) bond motifs is 2. The third-order valence-corrected chi connectivity index (χ3v) is 13.3. The van der Waals surface area contributed by atoms with Crippen molar-refractivity contribution in [1.29, 1.82) is 0 Å². The molecule has 2 aliphatic carbocycles. The number of likely N-dealkylation sites (N-methyl/N-ethyl adjacent to an activating group) is 1. The monoisotopic (exact) mass is 898 g/mol. The van der Waals surface area contributed by atoms with Gasteiger partial charge in [-0.3, -0.25) is 19.2 Å². The molecule has 0 radical (unpaired) electrons. The molecule has 0 unspecified atom stereocenters. The molecule has 2 heterocycles. The van der Waals surface area contributed by atoms with Crippen LogP contribution in [0.15, 0.2) is 121 Å². The van der Waals surface area contributed by atoms with E-state index in [1.165, 1.54) is 0 Å². The van der Waals surface area contributed by atoms with Crippen molar-refractivity contribution in [2.24, 2.45) is 0 Å². The molecular weight excluding hydrogens is 845 g/mol. The van der Waals surface area contributed by atoms with Gasteiger partial charge in [-0.05, 0) is 157 Å². The van der Waals surface area contributed by atoms with Crippen molar-refractivity contribution >= 4 is 35.0 Å². The predicted octanol–water partition coefficient (Wildman–Crippen LogP) is 9.55. The fourth-order valence-electron chi connectivity index (χ4n) is 8.84. The Labute approximate surface area is 391 Å². The maximum atomic E-state index is 13.7. The zero-order valence-electron chi connectivity index (χ0n) is 38.9. The predicted molar refractivity (Wildman–Crippen MR) is 258 cm³/mol. The molecule has 0 bridgehead atoms. The Balaban J connectivity index is 0.000000168. The van der Waals surface area contributed by atoms with Gasteiger partial charge in [0.1, 0.15) is 0 Å². The number of benzene rings is 6. The lowest BCUT2D eigenvalue weighted by atomic mass is 9.93. The van der Waals surface area contributed by atoms with Crippen molar-refractivity contribution in [3.05, 3.63) is 155 Å². The van der Waals surface area contributed by atoms with Crippen molar-refractivity contribution in [1.82, 2.24) is 9.80 Å². The number of hydrogen-bond donors (Lipinski definition) is 1. The first kappa shape index (κ1) is 44.6. The van der Waals surface area contributed by atoms with E-state index >= 15 is 0 Å². The Morgan fingerprint density at radius 2 is 0.940 bits per heavy atom. The normalized spacial score (nSPS) is 15.1. The molecule has 6 aromatic carbocycles. The third-order valence-electron chi connectivity index (χ3n) is 13.3. The Hall–Kier alpha value is -7.60. The number of hydrogen-bond acceptors (Lipinski definition) is 8. The van der Waals surface area contributed by atoms with Gasteiger partial charge in [-0.15, -0.1) is 0 Å². The third kappa shape index (κ3) is 8.67. The van der Waals surface area contributed by atoms with Crippen molar-refractivity contribution in [3.63, 3.8) is 0 Å². The lowest BCUT2D eigenvalue weighted by Gasteiger charge is -2.25. The van der Waals surface area contributed by atoms with Gasteiger partial charge in [0.2, 0.25) is 25.4 Å². The van der Waals surface area contributed by atoms with Crippen LogP contribution in [0.5, 0.6) is 23.0 Å². The highest BCUT2D eigenvalue weighted by atomic mass is 16.7. The van der Waals surface area contributed by atoms with E-state index in [4.69, 9.17) is 18.9 Å². The summed E-state index contributed by atoms with van der Waals surface area (Å²) in [5.74, 6) is 2.85. The molecule has 12 heteroatoms. The van der Waals surface area contributed by atoms with Crippen LogP contribution in [0, 0.1) is 13.8 Å². The number of anilines is 2. The first-order chi connectivity index (χ1) is 32.2. The Kier molecular flexibility index (Phi) is 11.8. The molecule has 6 aromatic rings. The molecule has 0 aromatic heterocycles. The number of ether oxygens (including phenoxy) is 4. The van der Waals surface area contributed by atoms with E-state index in [1.54, 1.807) is 42.9 Å². The lowest BCUT2D eigenvalue weighted by Crippen LogP contribution is -2.36. The van der Waals surface area contributed by atoms with E-state index in [0.717, 1.165) is 93.1 Å². The summed E-state index contributed by atoms with van der Waals surface area (Å²) in [4.78, 5) is 56.2. The van der Waals surface area contributed by atoms with E-state index in [9.17, 15) is 19.2 Å². The van der Waals surface area contributed by atoms with Gasteiger partial charge in [-0.1, -0.05) is 48.5 Å². The van der Waals surface area contributed by atoms with Crippen molar-refractivity contribution < 1.29 is 38.1 Å². The largest absolute Gasteiger partial charge is 0.454 e. The highest BCUT2D eigenvalue weighted by Crippen LogP contribution is 2.53. The van der Waals surface area contributed by atoms with Gasteiger partial charge in [-0.25, -0.2) is 0 Å². The summed E-state index contributed by atoms with van der Waals surface area (Å²) >= 11 is 0. The minimum atomic E-state index is -0.528. The molecule has 0 saturated heterocycles. The molecule has 4 aliphatic rings. The van der Waals surface area contributed by atoms with E-state index in [-0.39, 0.29) is 37.2 Å². The molecule has 2 fully saturated rings. The van der Waals surface area contributed by atoms with Crippen molar-refractivity contribution in [3.8, 4) is 45.3 Å². The summed E-state index contributed by atoms with van der Waals surface area (Å²) in [5.41, 5.74) is 10.0. The van der Waals surface area contributed by atoms with Gasteiger partial charge in [0.15, 0.2) is 23.0 Å². The number of amides is 4. The molecule has 12 nitrogen and oxygen atoms in total. The first-order valence-electron chi connectivity index (χ1n) is 22.4. The Morgan fingerprint density at radius 1 is 0.493 bits per heavy atom. The number of nitrogens with zero attached hydrogens (tertiary/aromatic N) is 3. The average Bonchev–Trinajstić information content (AvgIpc) is 4.24. The van der Waals surface area contributed by atoms with Crippen LogP contribution in [-0.2, 0) is 20.4 Å². The number of aryl methyl sites for hydroxylation is 2. The molecule has 2 saturated carbocycles. The highest BCUT2D eigenvalue weighted by Gasteiger charge is 2.53. The Bertz CT molecular complexity index is 2920. The smallest absolute Gasteiger partial charge is 0.253 e. The highest BCUT2D eigenvalue weighted by molar-refractivity contribution is 6.04. The molecule has 0 atom stereocenters. The van der Waals surface area contributed by atoms with E-state index in [2.05, 4.69) is 12.2 Å². The van der Waals surface area contributed by atoms with Crippen LogP contribution in [0.1, 0.15) is 68.7 Å². The molecular formula is C55H54N4O8. The summed E-state index contributed by atoms with van der Waals surface area (Å²) in [6.45, 7) is 4.52. The minimum absolute atomic E-state index is 0.0110. The van der Waals surface area contributed by atoms with Crippen molar-refractivity contribution in [2.75, 3.05) is 59.0 Å². The summed E-state index contributed by atoms with van der Waals surface area (Å²) in [6, 6.07) is 38.7. The van der Waals surface area contributed by atoms with Gasteiger partial charge in [0.05, 0.1) is 10.8 Å². The van der Waals surface area contributed by atoms with Crippen LogP contribution in [-0.4, -0.2) is 82.3 Å². The standard InChI is InChI=1S/C28H28N2O4.C27H26N2O4/c1-18-5-11-22(16-23(18)19-6-8-20(9-7-19)26(31)29(2)3)30(4)27(32)28(13-14-28)21-10-12-24-25(15-21)34-17-33-24;1-17-4-10-21(15-22(17)18-5-7-19(8-6-18)25(30)29(2)3)28-26(31)27(12-13-27)20-9-11-23-24(14-20)33-16-32-23/h5-12,15-16H,13-14,17H2,1-4H3;4-11,14-15H,12-13,16H2,1-3H3,(H,28,31). The second-order valence-corrected chi connectivity index (χ2v) is 18.2. The molecule has 2 aliphatic heterocycles. The molecule has 10 rings (SSSR count). The lowest BCUT2D eigenvalue weighted by molar-refractivity contribution is -0.121. The number of carbonyl (C=O) groups is 4. The molecule has 4 amide bonds. The second kappa shape index (κ2) is 17.7. The first-order valence-corrected chi connectivity index (χ1v) is 22.4. The van der Waals surface area contributed by atoms with Crippen LogP contribution >= 0.6 is 0 Å². The van der Waals surface area contributed by atoms with Gasteiger partial charge >= 0.3 is 0 Å². The van der Waals surface area contributed by atoms with E-state index in [1.807, 2.05) is 135 Å². The maximum Gasteiger partial charge on any atom is 0.253 e. The summed E-state index contributed by atoms with van der Waals surface area (Å²) in [5, 5.41) is 3.12. The second-order valence-electron chi connectivity index (χ2n) is 18.2. The number of rotatable bonds is 10. The Morgan fingerprint density at radius 3 is 1.42 bits per heavy atom. The van der Waals surface area contributed by atoms with Gasteiger partial charge in [0.25, 0.3) is 11.8 Å². The number of nitrogens with one attached hydrogen (secondary N) is 1. The average molecular weight is 899 g/mol. The van der Waals surface area contributed by atoms with Crippen LogP contribution < -0.4 is 29.2 Å². The van der Waals surface area contributed by atoms with Crippen molar-refractivity contribution in [2.45, 2.75) is 50.4 Å². The van der Waals surface area contributed by atoms with E-state index < -0.39 is 10.8 Å². The van der Waals surface area contributed by atoms with Gasteiger partial charge in [-0.2, -0.15) is 0 Å². The van der Waals surface area contributed by atoms with Crippen LogP contribution in [0.3, 0.4) is 0 Å². The van der Waals surface area contributed by atoms with Crippen LogP contribution in [0.25, 0.3) is 22.3 Å². The summed E-state index contributed by atoms with van der Waals surface area (Å²) in [6.07, 6.45) is 3.24. The number of carbonyl (C=O) groups excluding carboxylic acids is 4. The quantitative estimate of drug-likeness (QED) is 0.144. The maximum absolute atomic E-state index is 13.7. The summed E-state index contributed by atoms with van der Waals surface area (Å²) in [7, 11) is 8.80. The molecule has 1 N–H and O–H groups in total. The van der Waals surface area contributed by atoms with Gasteiger partial charge < -0.3 is 39.0 Å². The fraction of sp³-hybridized carbons (Fsp3) is 0.273. The molecule has 342 valence electrons. The zero-order chi connectivity index (χ0) is 47.2. The minimum Gasteiger partial charge on any atom is -0.454 e. The van der Waals surface area contributed by atoms with Crippen LogP contribution in [0.4, 0.5) is 11.4 Å². The SMILES string of the molecule is Cc1ccc(N(C)C(=O)C2(c3ccc4c(c3)OCO4)CC2)cc1-c1ccc(C(=O)N(C)C)cc1.Cc1ccc(NC(=O)C2(c3ccc4c(c3)OCO4)CC2)cc1-c1ccc(C(=O)N(C)C)cc1. The molecule has 67 heavy (non-hydrogen) atoms. The van der Waals surface area contributed by atoms with Gasteiger partial charge in [0, 0.05) is 57.7 Å².